The van der Waals surface area contributed by atoms with Gasteiger partial charge in [0.15, 0.2) is 0 Å². The summed E-state index contributed by atoms with van der Waals surface area (Å²) in [7, 11) is 2.13. The summed E-state index contributed by atoms with van der Waals surface area (Å²) >= 11 is 1.79. The first-order valence-corrected chi connectivity index (χ1v) is 17.3. The predicted octanol–water partition coefficient (Wildman–Crippen LogP) is 13.3. The highest BCUT2D eigenvalue weighted by Crippen LogP contribution is 2.38. The van der Waals surface area contributed by atoms with Crippen LogP contribution in [0.4, 0.5) is 28.4 Å². The van der Waals surface area contributed by atoms with E-state index in [4.69, 9.17) is 0 Å². The van der Waals surface area contributed by atoms with Gasteiger partial charge in [0.1, 0.15) is 0 Å². The first kappa shape index (κ1) is 33.6. The molecule has 0 atom stereocenters. The zero-order valence-electron chi connectivity index (χ0n) is 29.0. The molecule has 6 aromatic rings. The molecule has 6 rings (SSSR count). The first-order valence-electron chi connectivity index (χ1n) is 16.5. The Morgan fingerprint density at radius 3 is 1.26 bits per heavy atom. The van der Waals surface area contributed by atoms with Crippen molar-refractivity contribution in [2.75, 3.05) is 16.8 Å². The second-order valence-corrected chi connectivity index (χ2v) is 13.1. The fourth-order valence-corrected chi connectivity index (χ4v) is 6.30. The lowest BCUT2D eigenvalue weighted by Gasteiger charge is -2.26. The van der Waals surface area contributed by atoms with Crippen LogP contribution in [0, 0.1) is 34.6 Å². The van der Waals surface area contributed by atoms with Crippen LogP contribution >= 0.6 is 11.8 Å². The third-order valence-corrected chi connectivity index (χ3v) is 9.71. The Hall–Kier alpha value is -4.73. The molecule has 0 amide bonds. The van der Waals surface area contributed by atoms with Crippen molar-refractivity contribution in [2.45, 2.75) is 58.3 Å². The Balaban J connectivity index is 0.00000213. The molecule has 3 heteroatoms. The molecule has 0 unspecified atom stereocenters. The van der Waals surface area contributed by atoms with Crippen LogP contribution in [-0.2, 0) is 0 Å². The summed E-state index contributed by atoms with van der Waals surface area (Å²) in [5.41, 5.74) is 14.7. The molecule has 0 heterocycles. The fourth-order valence-electron chi connectivity index (χ4n) is 5.48. The maximum Gasteiger partial charge on any atom is 0.0464 e. The van der Waals surface area contributed by atoms with E-state index >= 15 is 0 Å². The van der Waals surface area contributed by atoms with E-state index in [0.717, 1.165) is 17.1 Å². The van der Waals surface area contributed by atoms with Gasteiger partial charge < -0.3 is 9.80 Å². The second kappa shape index (κ2) is 15.2. The van der Waals surface area contributed by atoms with Gasteiger partial charge >= 0.3 is 0 Å². The Morgan fingerprint density at radius 1 is 0.383 bits per heavy atom. The smallest absolute Gasteiger partial charge is 0.0464 e. The third kappa shape index (κ3) is 7.99. The minimum absolute atomic E-state index is 1.14. The Bertz CT molecular complexity index is 1910. The number of aryl methyl sites for hydroxylation is 5. The molecule has 0 saturated heterocycles. The van der Waals surface area contributed by atoms with Crippen LogP contribution in [0.5, 0.6) is 0 Å². The van der Waals surface area contributed by atoms with Crippen LogP contribution in [0.3, 0.4) is 0 Å². The van der Waals surface area contributed by atoms with E-state index in [2.05, 4.69) is 185 Å². The van der Waals surface area contributed by atoms with Gasteiger partial charge in [-0.1, -0.05) is 79.7 Å². The van der Waals surface area contributed by atoms with Gasteiger partial charge in [-0.2, -0.15) is 0 Å². The van der Waals surface area contributed by atoms with Gasteiger partial charge in [-0.3, -0.25) is 0 Å². The monoisotopic (exact) mass is 634 g/mol. The maximum absolute atomic E-state index is 2.34. The molecule has 2 nitrogen and oxygen atoms in total. The number of anilines is 5. The molecule has 0 spiro atoms. The van der Waals surface area contributed by atoms with E-state index in [1.807, 2.05) is 13.8 Å². The number of hydrogen-bond donors (Lipinski definition) is 0. The lowest BCUT2D eigenvalue weighted by Crippen LogP contribution is -2.10. The topological polar surface area (TPSA) is 6.48 Å². The largest absolute Gasteiger partial charge is 0.345 e. The summed E-state index contributed by atoms with van der Waals surface area (Å²) in [4.78, 5) is 7.02. The van der Waals surface area contributed by atoms with Gasteiger partial charge in [-0.25, -0.2) is 0 Å². The van der Waals surface area contributed by atoms with Crippen molar-refractivity contribution < 1.29 is 0 Å². The van der Waals surface area contributed by atoms with Crippen molar-refractivity contribution in [2.24, 2.45) is 0 Å². The Morgan fingerprint density at radius 2 is 0.766 bits per heavy atom. The van der Waals surface area contributed by atoms with Crippen molar-refractivity contribution in [1.29, 1.82) is 0 Å². The predicted molar refractivity (Wildman–Crippen MR) is 207 cm³/mol. The molecule has 0 saturated carbocycles. The van der Waals surface area contributed by atoms with Crippen LogP contribution in [0.25, 0.3) is 11.1 Å². The van der Waals surface area contributed by atoms with Crippen molar-refractivity contribution >= 4 is 40.2 Å². The number of hydrogen-bond acceptors (Lipinski definition) is 3. The minimum Gasteiger partial charge on any atom is -0.345 e. The van der Waals surface area contributed by atoms with Crippen molar-refractivity contribution in [3.05, 3.63) is 161 Å². The summed E-state index contributed by atoms with van der Waals surface area (Å²) in [5, 5.41) is 0. The SMILES string of the molecule is CC.Cc1ccc(-c2ccc(N(c3ccc(Sc4ccc(N(C)c5ccc(C)c(C)c5)cc4)cc3)c3ccc(C)c(C)c3)cc2)cc1. The summed E-state index contributed by atoms with van der Waals surface area (Å²) in [5.74, 6) is 0. The van der Waals surface area contributed by atoms with E-state index in [1.165, 1.54) is 60.1 Å². The van der Waals surface area contributed by atoms with Crippen molar-refractivity contribution in [3.63, 3.8) is 0 Å². The van der Waals surface area contributed by atoms with Gasteiger partial charge in [0.2, 0.25) is 0 Å². The average molecular weight is 635 g/mol. The molecular formula is C44H46N2S. The maximum atomic E-state index is 2.34. The van der Waals surface area contributed by atoms with Crippen molar-refractivity contribution in [3.8, 4) is 11.1 Å². The van der Waals surface area contributed by atoms with Crippen LogP contribution in [0.2, 0.25) is 0 Å². The van der Waals surface area contributed by atoms with Gasteiger partial charge in [0.25, 0.3) is 0 Å². The summed E-state index contributed by atoms with van der Waals surface area (Å²) in [6, 6.07) is 48.7. The zero-order valence-corrected chi connectivity index (χ0v) is 29.8. The lowest BCUT2D eigenvalue weighted by molar-refractivity contribution is 1.18. The Labute approximate surface area is 286 Å². The molecule has 0 aliphatic carbocycles. The van der Waals surface area contributed by atoms with E-state index < -0.39 is 0 Å². The Kier molecular flexibility index (Phi) is 10.9. The van der Waals surface area contributed by atoms with Crippen molar-refractivity contribution in [1.82, 2.24) is 0 Å². The molecule has 0 radical (unpaired) electrons. The molecule has 47 heavy (non-hydrogen) atoms. The third-order valence-electron chi connectivity index (χ3n) is 8.69. The minimum atomic E-state index is 1.14. The molecule has 0 aromatic heterocycles. The average Bonchev–Trinajstić information content (AvgIpc) is 3.10. The van der Waals surface area contributed by atoms with E-state index in [0.29, 0.717) is 0 Å². The normalized spacial score (nSPS) is 10.6. The highest BCUT2D eigenvalue weighted by atomic mass is 32.2. The second-order valence-electron chi connectivity index (χ2n) is 11.9. The van der Waals surface area contributed by atoms with Gasteiger partial charge in [0.05, 0.1) is 0 Å². The summed E-state index contributed by atoms with van der Waals surface area (Å²) in [6.45, 7) is 14.8. The van der Waals surface area contributed by atoms with Crippen LogP contribution in [0.15, 0.2) is 143 Å². The molecule has 6 aromatic carbocycles. The molecular weight excluding hydrogens is 589 g/mol. The molecule has 0 N–H and O–H groups in total. The highest BCUT2D eigenvalue weighted by molar-refractivity contribution is 7.99. The van der Waals surface area contributed by atoms with Gasteiger partial charge in [-0.05, 0) is 153 Å². The molecule has 0 aliphatic rings. The van der Waals surface area contributed by atoms with Crippen LogP contribution in [-0.4, -0.2) is 7.05 Å². The van der Waals surface area contributed by atoms with Crippen LogP contribution in [0.1, 0.15) is 41.7 Å². The van der Waals surface area contributed by atoms with E-state index in [9.17, 15) is 0 Å². The van der Waals surface area contributed by atoms with Crippen LogP contribution < -0.4 is 9.80 Å². The quantitative estimate of drug-likeness (QED) is 0.164. The molecule has 0 bridgehead atoms. The molecule has 0 fully saturated rings. The number of benzene rings is 6. The number of nitrogens with zero attached hydrogens (tertiary/aromatic N) is 2. The standard InChI is InChI=1S/C42H40N2S.C2H6/c1-29-7-11-34(12-8-29)35-13-17-37(18-14-35)44(40-16-10-31(3)33(5)28-40)38-21-25-42(26-22-38)45-41-23-19-36(20-24-41)43(6)39-15-9-30(2)32(4)27-39;1-2/h7-28H,1-6H3;1-2H3. The first-order chi connectivity index (χ1) is 22.7. The van der Waals surface area contributed by atoms with Gasteiger partial charge in [0, 0.05) is 45.3 Å². The van der Waals surface area contributed by atoms with E-state index in [-0.39, 0.29) is 0 Å². The number of rotatable bonds is 8. The summed E-state index contributed by atoms with van der Waals surface area (Å²) < 4.78 is 0. The molecule has 0 aliphatic heterocycles. The highest BCUT2D eigenvalue weighted by Gasteiger charge is 2.14. The zero-order chi connectivity index (χ0) is 33.5. The van der Waals surface area contributed by atoms with E-state index in [1.54, 1.807) is 11.8 Å². The van der Waals surface area contributed by atoms with Gasteiger partial charge in [-0.15, -0.1) is 0 Å². The fraction of sp³-hybridized carbons (Fsp3) is 0.182. The summed E-state index contributed by atoms with van der Waals surface area (Å²) in [6.07, 6.45) is 0. The molecule has 238 valence electrons. The lowest BCUT2D eigenvalue weighted by atomic mass is 10.0.